The van der Waals surface area contributed by atoms with E-state index < -0.39 is 0 Å². The van der Waals surface area contributed by atoms with Gasteiger partial charge in [-0.15, -0.1) is 0 Å². The molecule has 102 valence electrons. The molecular weight excluding hydrogens is 238 g/mol. The number of amides is 1. The SMILES string of the molecule is Cc1ccc2c(cnn2CCC(=O)NC(C)(C)C)c1. The van der Waals surface area contributed by atoms with Crippen molar-refractivity contribution >= 4 is 16.8 Å². The molecule has 1 aromatic carbocycles. The highest BCUT2D eigenvalue weighted by Crippen LogP contribution is 2.15. The highest BCUT2D eigenvalue weighted by molar-refractivity contribution is 5.80. The molecule has 1 aromatic heterocycles. The number of nitrogens with zero attached hydrogens (tertiary/aromatic N) is 2. The molecule has 0 aliphatic carbocycles. The van der Waals surface area contributed by atoms with Crippen molar-refractivity contribution in [3.8, 4) is 0 Å². The maximum Gasteiger partial charge on any atom is 0.222 e. The number of aromatic nitrogens is 2. The minimum atomic E-state index is -0.180. The molecule has 0 saturated heterocycles. The van der Waals surface area contributed by atoms with Gasteiger partial charge in [-0.2, -0.15) is 5.10 Å². The van der Waals surface area contributed by atoms with E-state index in [0.717, 1.165) is 10.9 Å². The second-order valence-electron chi connectivity index (χ2n) is 5.98. The van der Waals surface area contributed by atoms with E-state index in [2.05, 4.69) is 35.5 Å². The zero-order chi connectivity index (χ0) is 14.0. The van der Waals surface area contributed by atoms with Crippen LogP contribution in [0.1, 0.15) is 32.8 Å². The third-order valence-corrected chi connectivity index (χ3v) is 2.86. The van der Waals surface area contributed by atoms with Crippen molar-refractivity contribution in [2.45, 2.75) is 46.2 Å². The van der Waals surface area contributed by atoms with Gasteiger partial charge >= 0.3 is 0 Å². The number of fused-ring (bicyclic) bond motifs is 1. The molecule has 1 N–H and O–H groups in total. The lowest BCUT2D eigenvalue weighted by Gasteiger charge is -2.20. The third-order valence-electron chi connectivity index (χ3n) is 2.86. The molecule has 4 heteroatoms. The van der Waals surface area contributed by atoms with Crippen molar-refractivity contribution in [3.63, 3.8) is 0 Å². The maximum absolute atomic E-state index is 11.8. The van der Waals surface area contributed by atoms with Crippen LogP contribution in [0.4, 0.5) is 0 Å². The predicted octanol–water partition coefficient (Wildman–Crippen LogP) is 2.65. The Balaban J connectivity index is 2.04. The third kappa shape index (κ3) is 3.56. The number of nitrogens with one attached hydrogen (secondary N) is 1. The average Bonchev–Trinajstić information content (AvgIpc) is 2.66. The Morgan fingerprint density at radius 1 is 1.37 bits per heavy atom. The lowest BCUT2D eigenvalue weighted by molar-refractivity contribution is -0.122. The molecule has 0 atom stereocenters. The van der Waals surface area contributed by atoms with Gasteiger partial charge in [-0.05, 0) is 39.8 Å². The number of hydrogen-bond donors (Lipinski definition) is 1. The van der Waals surface area contributed by atoms with Crippen molar-refractivity contribution in [2.75, 3.05) is 0 Å². The van der Waals surface area contributed by atoms with Gasteiger partial charge < -0.3 is 5.32 Å². The lowest BCUT2D eigenvalue weighted by Crippen LogP contribution is -2.40. The Bertz CT molecular complexity index is 593. The molecule has 0 spiro atoms. The zero-order valence-electron chi connectivity index (χ0n) is 12.0. The molecule has 0 aliphatic rings. The molecule has 0 fully saturated rings. The Hall–Kier alpha value is -1.84. The van der Waals surface area contributed by atoms with Crippen LogP contribution in [0.5, 0.6) is 0 Å². The van der Waals surface area contributed by atoms with Gasteiger partial charge in [0.2, 0.25) is 5.91 Å². The first-order valence-corrected chi connectivity index (χ1v) is 6.58. The summed E-state index contributed by atoms with van der Waals surface area (Å²) in [5.41, 5.74) is 2.12. The number of carbonyl (C=O) groups is 1. The highest BCUT2D eigenvalue weighted by Gasteiger charge is 2.13. The van der Waals surface area contributed by atoms with E-state index in [1.807, 2.05) is 31.6 Å². The first kappa shape index (κ1) is 13.6. The minimum Gasteiger partial charge on any atom is -0.351 e. The first-order valence-electron chi connectivity index (χ1n) is 6.58. The molecule has 19 heavy (non-hydrogen) atoms. The van der Waals surface area contributed by atoms with Crippen LogP contribution in [-0.4, -0.2) is 21.2 Å². The van der Waals surface area contributed by atoms with Gasteiger partial charge in [0.25, 0.3) is 0 Å². The second-order valence-corrected chi connectivity index (χ2v) is 5.98. The molecule has 4 nitrogen and oxygen atoms in total. The summed E-state index contributed by atoms with van der Waals surface area (Å²) in [7, 11) is 0. The Kier molecular flexibility index (Phi) is 3.60. The Morgan fingerprint density at radius 2 is 2.11 bits per heavy atom. The van der Waals surface area contributed by atoms with E-state index >= 15 is 0 Å². The second kappa shape index (κ2) is 5.03. The van der Waals surface area contributed by atoms with E-state index in [1.165, 1.54) is 5.56 Å². The number of aryl methyl sites for hydroxylation is 2. The van der Waals surface area contributed by atoms with Crippen LogP contribution in [0.15, 0.2) is 24.4 Å². The fourth-order valence-electron chi connectivity index (χ4n) is 2.07. The molecule has 2 rings (SSSR count). The van der Waals surface area contributed by atoms with Crippen LogP contribution >= 0.6 is 0 Å². The summed E-state index contributed by atoms with van der Waals surface area (Å²) >= 11 is 0. The summed E-state index contributed by atoms with van der Waals surface area (Å²) < 4.78 is 1.89. The van der Waals surface area contributed by atoms with E-state index in [1.54, 1.807) is 0 Å². The maximum atomic E-state index is 11.8. The number of rotatable bonds is 3. The quantitative estimate of drug-likeness (QED) is 0.921. The van der Waals surface area contributed by atoms with Crippen molar-refractivity contribution in [3.05, 3.63) is 30.0 Å². The predicted molar refractivity (Wildman–Crippen MR) is 77.0 cm³/mol. The Labute approximate surface area is 113 Å². The van der Waals surface area contributed by atoms with Crippen LogP contribution in [-0.2, 0) is 11.3 Å². The van der Waals surface area contributed by atoms with Gasteiger partial charge in [-0.25, -0.2) is 0 Å². The smallest absolute Gasteiger partial charge is 0.222 e. The van der Waals surface area contributed by atoms with E-state index in [9.17, 15) is 4.79 Å². The molecule has 0 unspecified atom stereocenters. The van der Waals surface area contributed by atoms with Crippen molar-refractivity contribution in [1.29, 1.82) is 0 Å². The molecule has 2 aromatic rings. The number of carbonyl (C=O) groups excluding carboxylic acids is 1. The van der Waals surface area contributed by atoms with Crippen LogP contribution in [0.25, 0.3) is 10.9 Å². The lowest BCUT2D eigenvalue weighted by atomic mass is 10.1. The molecule has 0 aliphatic heterocycles. The van der Waals surface area contributed by atoms with Crippen LogP contribution in [0, 0.1) is 6.92 Å². The Morgan fingerprint density at radius 3 is 2.79 bits per heavy atom. The molecule has 0 saturated carbocycles. The van der Waals surface area contributed by atoms with Gasteiger partial charge in [0.1, 0.15) is 0 Å². The highest BCUT2D eigenvalue weighted by atomic mass is 16.1. The van der Waals surface area contributed by atoms with E-state index in [0.29, 0.717) is 13.0 Å². The van der Waals surface area contributed by atoms with Crippen LogP contribution in [0.2, 0.25) is 0 Å². The summed E-state index contributed by atoms with van der Waals surface area (Å²) in [6, 6.07) is 6.23. The molecule has 1 heterocycles. The van der Waals surface area contributed by atoms with Crippen molar-refractivity contribution < 1.29 is 4.79 Å². The topological polar surface area (TPSA) is 46.9 Å². The summed E-state index contributed by atoms with van der Waals surface area (Å²) in [5, 5.41) is 8.42. The standard InChI is InChI=1S/C15H21N3O/c1-11-5-6-13-12(9-11)10-16-18(13)8-7-14(19)17-15(2,3)4/h5-6,9-10H,7-8H2,1-4H3,(H,17,19). The molecular formula is C15H21N3O. The number of hydrogen-bond acceptors (Lipinski definition) is 2. The average molecular weight is 259 g/mol. The van der Waals surface area contributed by atoms with E-state index in [4.69, 9.17) is 0 Å². The first-order chi connectivity index (χ1) is 8.85. The van der Waals surface area contributed by atoms with Crippen LogP contribution in [0.3, 0.4) is 0 Å². The summed E-state index contributed by atoms with van der Waals surface area (Å²) in [6.45, 7) is 8.62. The zero-order valence-corrected chi connectivity index (χ0v) is 12.0. The number of benzene rings is 1. The largest absolute Gasteiger partial charge is 0.351 e. The van der Waals surface area contributed by atoms with Crippen LogP contribution < -0.4 is 5.32 Å². The molecule has 0 radical (unpaired) electrons. The van der Waals surface area contributed by atoms with Gasteiger partial charge in [0.15, 0.2) is 0 Å². The summed E-state index contributed by atoms with van der Waals surface area (Å²) in [5.74, 6) is 0.0586. The summed E-state index contributed by atoms with van der Waals surface area (Å²) in [4.78, 5) is 11.8. The molecule has 0 bridgehead atoms. The molecule has 1 amide bonds. The van der Waals surface area contributed by atoms with Gasteiger partial charge in [-0.3, -0.25) is 9.48 Å². The fourth-order valence-corrected chi connectivity index (χ4v) is 2.07. The van der Waals surface area contributed by atoms with Crippen molar-refractivity contribution in [1.82, 2.24) is 15.1 Å². The van der Waals surface area contributed by atoms with E-state index in [-0.39, 0.29) is 11.4 Å². The monoisotopic (exact) mass is 259 g/mol. The summed E-state index contributed by atoms with van der Waals surface area (Å²) in [6.07, 6.45) is 2.30. The van der Waals surface area contributed by atoms with Gasteiger partial charge in [-0.1, -0.05) is 11.6 Å². The van der Waals surface area contributed by atoms with Gasteiger partial charge in [0.05, 0.1) is 18.3 Å². The minimum absolute atomic E-state index is 0.0586. The van der Waals surface area contributed by atoms with Gasteiger partial charge in [0, 0.05) is 17.3 Å². The normalized spacial score (nSPS) is 11.8. The van der Waals surface area contributed by atoms with Crippen molar-refractivity contribution in [2.24, 2.45) is 0 Å². The fraction of sp³-hybridized carbons (Fsp3) is 0.467.